The summed E-state index contributed by atoms with van der Waals surface area (Å²) in [6.45, 7) is 1.00. The fourth-order valence-corrected chi connectivity index (χ4v) is 3.34. The van der Waals surface area contributed by atoms with Crippen LogP contribution in [0, 0.1) is 0 Å². The first-order valence-electron chi connectivity index (χ1n) is 8.80. The Morgan fingerprint density at radius 3 is 2.96 bits per heavy atom. The van der Waals surface area contributed by atoms with Gasteiger partial charge < -0.3 is 15.3 Å². The van der Waals surface area contributed by atoms with E-state index >= 15 is 0 Å². The molecule has 2 atom stereocenters. The van der Waals surface area contributed by atoms with Gasteiger partial charge in [-0.3, -0.25) is 9.89 Å². The maximum Gasteiger partial charge on any atom is 0.244 e. The van der Waals surface area contributed by atoms with Crippen LogP contribution in [0.3, 0.4) is 0 Å². The molecule has 8 nitrogen and oxygen atoms in total. The van der Waals surface area contributed by atoms with Gasteiger partial charge in [0, 0.05) is 25.2 Å². The van der Waals surface area contributed by atoms with E-state index in [0.29, 0.717) is 31.0 Å². The molecule has 3 heterocycles. The average Bonchev–Trinajstić information content (AvgIpc) is 3.15. The molecular weight excluding hydrogens is 344 g/mol. The zero-order chi connectivity index (χ0) is 18.6. The minimum atomic E-state index is -0.556. The summed E-state index contributed by atoms with van der Waals surface area (Å²) in [4.78, 5) is 22.7. The van der Waals surface area contributed by atoms with Crippen LogP contribution in [-0.2, 0) is 4.79 Å². The molecule has 1 aliphatic rings. The Labute approximate surface area is 155 Å². The standard InChI is InChI=1S/C19H20N6O2/c26-15-8-14(23-17(27)7-6-13-4-2-1-3-5-13)10-25(11-15)19-16-9-22-24-18(16)20-12-21-19/h1-7,9,12,14-15,26H,8,10-11H2,(H,23,27)(H,20,21,22,24)/b7-6+/t14-,15+/m0/s1. The first-order valence-corrected chi connectivity index (χ1v) is 8.80. The number of hydrogen-bond acceptors (Lipinski definition) is 6. The molecule has 4 rings (SSSR count). The Hall–Kier alpha value is -3.26. The number of anilines is 1. The second-order valence-electron chi connectivity index (χ2n) is 6.57. The topological polar surface area (TPSA) is 107 Å². The van der Waals surface area contributed by atoms with Crippen LogP contribution >= 0.6 is 0 Å². The molecular formula is C19H20N6O2. The SMILES string of the molecule is O=C(/C=C/c1ccccc1)N[C@H]1C[C@@H](O)CN(c2ncnc3[nH]ncc23)C1. The lowest BCUT2D eigenvalue weighted by molar-refractivity contribution is -0.117. The van der Waals surface area contributed by atoms with E-state index in [1.807, 2.05) is 35.2 Å². The summed E-state index contributed by atoms with van der Waals surface area (Å²) in [7, 11) is 0. The maximum absolute atomic E-state index is 12.3. The number of nitrogens with one attached hydrogen (secondary N) is 2. The Balaban J connectivity index is 1.45. The van der Waals surface area contributed by atoms with Crippen molar-refractivity contribution in [2.75, 3.05) is 18.0 Å². The van der Waals surface area contributed by atoms with Gasteiger partial charge in [0.25, 0.3) is 0 Å². The van der Waals surface area contributed by atoms with Crippen molar-refractivity contribution >= 4 is 28.8 Å². The van der Waals surface area contributed by atoms with Crippen LogP contribution in [0.15, 0.2) is 48.9 Å². The molecule has 0 radical (unpaired) electrons. The smallest absolute Gasteiger partial charge is 0.244 e. The van der Waals surface area contributed by atoms with Crippen molar-refractivity contribution in [1.29, 1.82) is 0 Å². The molecule has 3 aromatic rings. The van der Waals surface area contributed by atoms with Crippen LogP contribution in [0.1, 0.15) is 12.0 Å². The van der Waals surface area contributed by atoms with E-state index in [1.165, 1.54) is 12.4 Å². The number of benzene rings is 1. The van der Waals surface area contributed by atoms with Gasteiger partial charge in [0.15, 0.2) is 5.65 Å². The normalized spacial score (nSPS) is 20.3. The minimum absolute atomic E-state index is 0.182. The highest BCUT2D eigenvalue weighted by atomic mass is 16.3. The van der Waals surface area contributed by atoms with Gasteiger partial charge in [-0.15, -0.1) is 0 Å². The number of carbonyl (C=O) groups excluding carboxylic acids is 1. The highest BCUT2D eigenvalue weighted by Gasteiger charge is 2.28. The summed E-state index contributed by atoms with van der Waals surface area (Å²) in [5.41, 5.74) is 1.60. The van der Waals surface area contributed by atoms with Crippen molar-refractivity contribution in [3.05, 3.63) is 54.5 Å². The van der Waals surface area contributed by atoms with Gasteiger partial charge in [-0.05, 0) is 18.1 Å². The molecule has 1 aliphatic heterocycles. The number of aliphatic hydroxyl groups excluding tert-OH is 1. The lowest BCUT2D eigenvalue weighted by atomic mass is 10.0. The van der Waals surface area contributed by atoms with Crippen molar-refractivity contribution < 1.29 is 9.90 Å². The molecule has 0 spiro atoms. The molecule has 0 unspecified atom stereocenters. The summed E-state index contributed by atoms with van der Waals surface area (Å²) >= 11 is 0. The zero-order valence-electron chi connectivity index (χ0n) is 14.6. The minimum Gasteiger partial charge on any atom is -0.391 e. The second-order valence-corrected chi connectivity index (χ2v) is 6.57. The summed E-state index contributed by atoms with van der Waals surface area (Å²) in [6, 6.07) is 9.46. The zero-order valence-corrected chi connectivity index (χ0v) is 14.6. The van der Waals surface area contributed by atoms with Gasteiger partial charge in [-0.2, -0.15) is 5.10 Å². The molecule has 0 bridgehead atoms. The summed E-state index contributed by atoms with van der Waals surface area (Å²) in [6.07, 6.45) is 6.36. The van der Waals surface area contributed by atoms with Crippen LogP contribution in [0.5, 0.6) is 0 Å². The van der Waals surface area contributed by atoms with E-state index in [9.17, 15) is 9.90 Å². The number of β-amino-alcohol motifs (C(OH)–C–C–N with tert-alkyl or cyclic N) is 1. The number of aromatic amines is 1. The van der Waals surface area contributed by atoms with E-state index in [0.717, 1.165) is 10.9 Å². The summed E-state index contributed by atoms with van der Waals surface area (Å²) < 4.78 is 0. The molecule has 1 aromatic carbocycles. The number of fused-ring (bicyclic) bond motifs is 1. The molecule has 0 aliphatic carbocycles. The quantitative estimate of drug-likeness (QED) is 0.599. The van der Waals surface area contributed by atoms with Crippen LogP contribution in [-0.4, -0.2) is 56.4 Å². The Bertz CT molecular complexity index is 955. The summed E-state index contributed by atoms with van der Waals surface area (Å²) in [5, 5.41) is 20.9. The Kier molecular flexibility index (Phi) is 4.80. The van der Waals surface area contributed by atoms with Crippen LogP contribution < -0.4 is 10.2 Å². The van der Waals surface area contributed by atoms with Gasteiger partial charge in [0.2, 0.25) is 5.91 Å². The number of piperidine rings is 1. The first-order chi connectivity index (χ1) is 13.2. The number of hydrogen-bond donors (Lipinski definition) is 3. The van der Waals surface area contributed by atoms with Gasteiger partial charge in [0.1, 0.15) is 12.1 Å². The molecule has 27 heavy (non-hydrogen) atoms. The average molecular weight is 364 g/mol. The van der Waals surface area contributed by atoms with Gasteiger partial charge >= 0.3 is 0 Å². The third kappa shape index (κ3) is 3.95. The molecule has 2 aromatic heterocycles. The fourth-order valence-electron chi connectivity index (χ4n) is 3.34. The van der Waals surface area contributed by atoms with Gasteiger partial charge in [-0.25, -0.2) is 9.97 Å². The van der Waals surface area contributed by atoms with Gasteiger partial charge in [0.05, 0.1) is 17.7 Å². The first kappa shape index (κ1) is 17.2. The molecule has 138 valence electrons. The van der Waals surface area contributed by atoms with Crippen molar-refractivity contribution in [2.45, 2.75) is 18.6 Å². The van der Waals surface area contributed by atoms with E-state index in [-0.39, 0.29) is 11.9 Å². The lowest BCUT2D eigenvalue weighted by Crippen LogP contribution is -2.52. The van der Waals surface area contributed by atoms with E-state index in [2.05, 4.69) is 25.5 Å². The third-order valence-corrected chi connectivity index (χ3v) is 4.53. The predicted octanol–water partition coefficient (Wildman–Crippen LogP) is 1.12. The number of aliphatic hydroxyl groups is 1. The van der Waals surface area contributed by atoms with Crippen LogP contribution in [0.4, 0.5) is 5.82 Å². The molecule has 1 fully saturated rings. The molecule has 3 N–H and O–H groups in total. The van der Waals surface area contributed by atoms with E-state index in [1.54, 1.807) is 12.3 Å². The van der Waals surface area contributed by atoms with Gasteiger partial charge in [-0.1, -0.05) is 30.3 Å². The Morgan fingerprint density at radius 1 is 1.26 bits per heavy atom. The number of carbonyl (C=O) groups is 1. The largest absolute Gasteiger partial charge is 0.391 e. The fraction of sp³-hybridized carbons (Fsp3) is 0.263. The third-order valence-electron chi connectivity index (χ3n) is 4.53. The van der Waals surface area contributed by atoms with Crippen molar-refractivity contribution in [3.8, 4) is 0 Å². The highest BCUT2D eigenvalue weighted by molar-refractivity contribution is 5.92. The van der Waals surface area contributed by atoms with Crippen molar-refractivity contribution in [3.63, 3.8) is 0 Å². The second kappa shape index (κ2) is 7.55. The van der Waals surface area contributed by atoms with Crippen LogP contribution in [0.2, 0.25) is 0 Å². The van der Waals surface area contributed by atoms with E-state index in [4.69, 9.17) is 0 Å². The number of rotatable bonds is 4. The van der Waals surface area contributed by atoms with Crippen molar-refractivity contribution in [2.24, 2.45) is 0 Å². The Morgan fingerprint density at radius 2 is 2.11 bits per heavy atom. The molecule has 1 amide bonds. The molecule has 8 heteroatoms. The molecule has 1 saturated heterocycles. The van der Waals surface area contributed by atoms with Crippen molar-refractivity contribution in [1.82, 2.24) is 25.5 Å². The molecule has 0 saturated carbocycles. The number of amides is 1. The number of H-pyrrole nitrogens is 1. The lowest BCUT2D eigenvalue weighted by Gasteiger charge is -2.36. The van der Waals surface area contributed by atoms with Crippen LogP contribution in [0.25, 0.3) is 17.1 Å². The predicted molar refractivity (Wildman–Crippen MR) is 102 cm³/mol. The number of nitrogens with zero attached hydrogens (tertiary/aromatic N) is 4. The maximum atomic E-state index is 12.3. The summed E-state index contributed by atoms with van der Waals surface area (Å²) in [5.74, 6) is 0.514. The van der Waals surface area contributed by atoms with E-state index < -0.39 is 6.10 Å². The number of aromatic nitrogens is 4. The monoisotopic (exact) mass is 364 g/mol. The highest BCUT2D eigenvalue weighted by Crippen LogP contribution is 2.24.